The Balaban J connectivity index is 1.83. The highest BCUT2D eigenvalue weighted by Crippen LogP contribution is 2.40. The second-order valence-corrected chi connectivity index (χ2v) is 8.08. The van der Waals surface area contributed by atoms with Crippen molar-refractivity contribution < 1.29 is 9.90 Å². The first-order valence-corrected chi connectivity index (χ1v) is 8.86. The number of carbonyl (C=O) groups is 1. The minimum atomic E-state index is -0.667. The maximum atomic E-state index is 12.5. The molecule has 0 aromatic rings. The minimum Gasteiger partial charge on any atom is -0.388 e. The molecule has 2 rings (SSSR count). The van der Waals surface area contributed by atoms with E-state index >= 15 is 0 Å². The van der Waals surface area contributed by atoms with Crippen molar-refractivity contribution >= 4 is 5.91 Å². The molecule has 122 valence electrons. The largest absolute Gasteiger partial charge is 0.388 e. The van der Waals surface area contributed by atoms with Gasteiger partial charge in [-0.1, -0.05) is 40.0 Å². The number of amides is 1. The van der Waals surface area contributed by atoms with Crippen LogP contribution in [-0.4, -0.2) is 23.2 Å². The van der Waals surface area contributed by atoms with Gasteiger partial charge in [0.05, 0.1) is 5.60 Å². The molecule has 3 heteroatoms. The molecule has 2 fully saturated rings. The van der Waals surface area contributed by atoms with Crippen LogP contribution in [0.25, 0.3) is 0 Å². The molecule has 1 unspecified atom stereocenters. The molecule has 3 nitrogen and oxygen atoms in total. The maximum absolute atomic E-state index is 12.5. The molecular weight excluding hydrogens is 262 g/mol. The Morgan fingerprint density at radius 2 is 1.81 bits per heavy atom. The molecular formula is C18H33NO2. The monoisotopic (exact) mass is 295 g/mol. The second-order valence-electron chi connectivity index (χ2n) is 8.08. The minimum absolute atomic E-state index is 0.102. The van der Waals surface area contributed by atoms with Crippen molar-refractivity contribution in [3.8, 4) is 0 Å². The highest BCUT2D eigenvalue weighted by molar-refractivity contribution is 5.79. The van der Waals surface area contributed by atoms with Gasteiger partial charge in [0.15, 0.2) is 0 Å². The summed E-state index contributed by atoms with van der Waals surface area (Å²) in [4.78, 5) is 12.5. The number of carbonyl (C=O) groups excluding carboxylic acids is 1. The van der Waals surface area contributed by atoms with E-state index in [0.29, 0.717) is 6.54 Å². The molecule has 0 radical (unpaired) electrons. The van der Waals surface area contributed by atoms with Crippen LogP contribution in [0.1, 0.15) is 78.6 Å². The molecule has 0 saturated heterocycles. The third-order valence-electron chi connectivity index (χ3n) is 6.03. The van der Waals surface area contributed by atoms with E-state index in [1.807, 2.05) is 0 Å². The lowest BCUT2D eigenvalue weighted by molar-refractivity contribution is -0.132. The van der Waals surface area contributed by atoms with Crippen LogP contribution in [0.2, 0.25) is 0 Å². The molecule has 1 amide bonds. The summed E-state index contributed by atoms with van der Waals surface area (Å²) < 4.78 is 0. The zero-order chi connectivity index (χ0) is 15.5. The zero-order valence-corrected chi connectivity index (χ0v) is 14.1. The summed E-state index contributed by atoms with van der Waals surface area (Å²) in [5.41, 5.74) is -0.565. The van der Waals surface area contributed by atoms with Crippen molar-refractivity contribution in [1.82, 2.24) is 5.32 Å². The van der Waals surface area contributed by atoms with Crippen molar-refractivity contribution in [2.24, 2.45) is 17.3 Å². The number of hydrogen-bond acceptors (Lipinski definition) is 2. The van der Waals surface area contributed by atoms with E-state index in [1.165, 1.54) is 12.8 Å². The lowest BCUT2D eigenvalue weighted by Crippen LogP contribution is -2.49. The van der Waals surface area contributed by atoms with E-state index in [4.69, 9.17) is 0 Å². The van der Waals surface area contributed by atoms with Gasteiger partial charge in [-0.25, -0.2) is 0 Å². The molecule has 0 aliphatic heterocycles. The van der Waals surface area contributed by atoms with Gasteiger partial charge in [-0.15, -0.1) is 0 Å². The summed E-state index contributed by atoms with van der Waals surface area (Å²) in [7, 11) is 0. The molecule has 0 aromatic carbocycles. The Hall–Kier alpha value is -0.570. The Morgan fingerprint density at radius 1 is 1.14 bits per heavy atom. The van der Waals surface area contributed by atoms with Gasteiger partial charge >= 0.3 is 0 Å². The second kappa shape index (κ2) is 6.68. The molecule has 21 heavy (non-hydrogen) atoms. The number of rotatable bonds is 4. The van der Waals surface area contributed by atoms with Crippen LogP contribution in [-0.2, 0) is 4.79 Å². The van der Waals surface area contributed by atoms with Crippen LogP contribution in [0, 0.1) is 17.3 Å². The third kappa shape index (κ3) is 4.21. The predicted octanol–water partition coefficient (Wildman–Crippen LogP) is 3.65. The van der Waals surface area contributed by atoms with Gasteiger partial charge in [0, 0.05) is 12.5 Å². The van der Waals surface area contributed by atoms with Crippen molar-refractivity contribution in [3.63, 3.8) is 0 Å². The third-order valence-corrected chi connectivity index (χ3v) is 6.03. The first-order valence-electron chi connectivity index (χ1n) is 8.86. The SMILES string of the molecule is CCC1CCC(O)(CNC(=O)C2CCCCC2(C)C)CC1. The summed E-state index contributed by atoms with van der Waals surface area (Å²) in [5, 5.41) is 13.7. The standard InChI is InChI=1S/C18H33NO2/c1-4-14-8-11-18(21,12-9-14)13-19-16(20)15-7-5-6-10-17(15,2)3/h14-15,21H,4-13H2,1-3H3,(H,19,20). The molecule has 1 atom stereocenters. The van der Waals surface area contributed by atoms with E-state index in [-0.39, 0.29) is 17.2 Å². The van der Waals surface area contributed by atoms with E-state index in [9.17, 15) is 9.90 Å². The van der Waals surface area contributed by atoms with Crippen LogP contribution in [0.5, 0.6) is 0 Å². The van der Waals surface area contributed by atoms with Crippen molar-refractivity contribution in [2.45, 2.75) is 84.2 Å². The van der Waals surface area contributed by atoms with E-state index < -0.39 is 5.60 Å². The van der Waals surface area contributed by atoms with Crippen LogP contribution >= 0.6 is 0 Å². The molecule has 2 aliphatic rings. The lowest BCUT2D eigenvalue weighted by Gasteiger charge is -2.39. The van der Waals surface area contributed by atoms with Crippen LogP contribution in [0.4, 0.5) is 0 Å². The molecule has 0 aromatic heterocycles. The Kier molecular flexibility index (Phi) is 5.34. The molecule has 2 aliphatic carbocycles. The summed E-state index contributed by atoms with van der Waals surface area (Å²) in [5.74, 6) is 1.03. The van der Waals surface area contributed by atoms with E-state index in [0.717, 1.165) is 50.9 Å². The lowest BCUT2D eigenvalue weighted by atomic mass is 9.68. The van der Waals surface area contributed by atoms with Gasteiger partial charge in [0.1, 0.15) is 0 Å². The van der Waals surface area contributed by atoms with Gasteiger partial charge in [0.25, 0.3) is 0 Å². The average molecular weight is 295 g/mol. The van der Waals surface area contributed by atoms with Gasteiger partial charge in [-0.3, -0.25) is 4.79 Å². The Morgan fingerprint density at radius 3 is 2.38 bits per heavy atom. The summed E-state index contributed by atoms with van der Waals surface area (Å²) in [6.45, 7) is 7.08. The predicted molar refractivity (Wildman–Crippen MR) is 85.9 cm³/mol. The van der Waals surface area contributed by atoms with Gasteiger partial charge in [0.2, 0.25) is 5.91 Å². The maximum Gasteiger partial charge on any atom is 0.223 e. The fourth-order valence-corrected chi connectivity index (χ4v) is 4.15. The summed E-state index contributed by atoms with van der Waals surface area (Å²) >= 11 is 0. The molecule has 0 spiro atoms. The molecule has 2 saturated carbocycles. The van der Waals surface area contributed by atoms with Crippen LogP contribution < -0.4 is 5.32 Å². The molecule has 0 heterocycles. The van der Waals surface area contributed by atoms with Crippen molar-refractivity contribution in [1.29, 1.82) is 0 Å². The van der Waals surface area contributed by atoms with Crippen molar-refractivity contribution in [2.75, 3.05) is 6.54 Å². The fourth-order valence-electron chi connectivity index (χ4n) is 4.15. The average Bonchev–Trinajstić information content (AvgIpc) is 2.45. The van der Waals surface area contributed by atoms with Gasteiger partial charge in [-0.05, 0) is 49.9 Å². The summed E-state index contributed by atoms with van der Waals surface area (Å²) in [6, 6.07) is 0. The normalized spacial score (nSPS) is 36.2. The highest BCUT2D eigenvalue weighted by Gasteiger charge is 2.38. The summed E-state index contributed by atoms with van der Waals surface area (Å²) in [6.07, 6.45) is 9.58. The van der Waals surface area contributed by atoms with Gasteiger partial charge in [-0.2, -0.15) is 0 Å². The number of hydrogen-bond donors (Lipinski definition) is 2. The smallest absolute Gasteiger partial charge is 0.223 e. The topological polar surface area (TPSA) is 49.3 Å². The number of aliphatic hydroxyl groups is 1. The molecule has 2 N–H and O–H groups in total. The Bertz CT molecular complexity index is 356. The van der Waals surface area contributed by atoms with Crippen molar-refractivity contribution in [3.05, 3.63) is 0 Å². The van der Waals surface area contributed by atoms with Crippen LogP contribution in [0.15, 0.2) is 0 Å². The highest BCUT2D eigenvalue weighted by atomic mass is 16.3. The first-order chi connectivity index (χ1) is 9.86. The quantitative estimate of drug-likeness (QED) is 0.831. The van der Waals surface area contributed by atoms with E-state index in [1.54, 1.807) is 0 Å². The fraction of sp³-hybridized carbons (Fsp3) is 0.944. The van der Waals surface area contributed by atoms with E-state index in [2.05, 4.69) is 26.1 Å². The molecule has 0 bridgehead atoms. The Labute approximate surface area is 129 Å². The van der Waals surface area contributed by atoms with Crippen LogP contribution in [0.3, 0.4) is 0 Å². The zero-order valence-electron chi connectivity index (χ0n) is 14.1. The first kappa shape index (κ1) is 16.8. The number of nitrogens with one attached hydrogen (secondary N) is 1. The van der Waals surface area contributed by atoms with Gasteiger partial charge < -0.3 is 10.4 Å².